The Morgan fingerprint density at radius 3 is 2.70 bits per heavy atom. The van der Waals surface area contributed by atoms with Crippen LogP contribution in [0.4, 0.5) is 0 Å². The number of benzene rings is 2. The molecule has 33 heavy (non-hydrogen) atoms. The highest BCUT2D eigenvalue weighted by Gasteiger charge is 2.16. The highest BCUT2D eigenvalue weighted by Crippen LogP contribution is 2.29. The molecule has 0 amide bonds. The van der Waals surface area contributed by atoms with E-state index in [-0.39, 0.29) is 12.2 Å². The maximum absolute atomic E-state index is 13.1. The zero-order valence-corrected chi connectivity index (χ0v) is 18.2. The Labute approximate surface area is 188 Å². The summed E-state index contributed by atoms with van der Waals surface area (Å²) < 4.78 is 2.11. The Bertz CT molecular complexity index is 1640. The van der Waals surface area contributed by atoms with E-state index in [1.807, 2.05) is 48.8 Å². The molecule has 8 nitrogen and oxygen atoms in total. The fourth-order valence-corrected chi connectivity index (χ4v) is 4.25. The molecule has 0 radical (unpaired) electrons. The van der Waals surface area contributed by atoms with E-state index in [9.17, 15) is 4.79 Å². The van der Waals surface area contributed by atoms with Gasteiger partial charge in [0.25, 0.3) is 0 Å². The Morgan fingerprint density at radius 2 is 1.88 bits per heavy atom. The van der Waals surface area contributed by atoms with E-state index >= 15 is 0 Å². The number of ketones is 1. The minimum absolute atomic E-state index is 0.0581. The van der Waals surface area contributed by atoms with Crippen molar-refractivity contribution in [3.8, 4) is 11.3 Å². The SMILES string of the molecule is CC(C)n1cnc2ccc(CC(=O)c3nc4cc5c(-c6ccncc6)n[nH]c5cc4[nH]3)cc21. The molecule has 8 heteroatoms. The molecule has 0 fully saturated rings. The molecule has 0 aliphatic heterocycles. The van der Waals surface area contributed by atoms with E-state index in [1.54, 1.807) is 12.4 Å². The fourth-order valence-electron chi connectivity index (χ4n) is 4.25. The summed E-state index contributed by atoms with van der Waals surface area (Å²) >= 11 is 0. The van der Waals surface area contributed by atoms with Crippen LogP contribution >= 0.6 is 0 Å². The molecule has 0 unspecified atom stereocenters. The predicted octanol–water partition coefficient (Wildman–Crippen LogP) is 4.86. The highest BCUT2D eigenvalue weighted by atomic mass is 16.1. The van der Waals surface area contributed by atoms with E-state index in [1.165, 1.54) is 0 Å². The van der Waals surface area contributed by atoms with Crippen LogP contribution in [-0.2, 0) is 6.42 Å². The average Bonchev–Trinajstić information content (AvgIpc) is 3.53. The van der Waals surface area contributed by atoms with Gasteiger partial charge >= 0.3 is 0 Å². The molecule has 2 N–H and O–H groups in total. The number of hydrogen-bond acceptors (Lipinski definition) is 5. The van der Waals surface area contributed by atoms with Crippen molar-refractivity contribution in [2.45, 2.75) is 26.3 Å². The van der Waals surface area contributed by atoms with Gasteiger partial charge < -0.3 is 9.55 Å². The third kappa shape index (κ3) is 3.27. The van der Waals surface area contributed by atoms with E-state index in [2.05, 4.69) is 48.5 Å². The minimum Gasteiger partial charge on any atom is -0.335 e. The molecule has 0 saturated heterocycles. The summed E-state index contributed by atoms with van der Waals surface area (Å²) in [7, 11) is 0. The third-order valence-corrected chi connectivity index (χ3v) is 5.94. The Kier molecular flexibility index (Phi) is 4.33. The van der Waals surface area contributed by atoms with Crippen molar-refractivity contribution >= 4 is 38.8 Å². The number of nitrogens with zero attached hydrogens (tertiary/aromatic N) is 5. The van der Waals surface area contributed by atoms with Gasteiger partial charge in [-0.05, 0) is 55.8 Å². The molecule has 6 aromatic rings. The van der Waals surface area contributed by atoms with Crippen LogP contribution in [0.2, 0.25) is 0 Å². The van der Waals surface area contributed by atoms with Crippen molar-refractivity contribution in [1.29, 1.82) is 0 Å². The minimum atomic E-state index is -0.0581. The zero-order valence-electron chi connectivity index (χ0n) is 18.2. The lowest BCUT2D eigenvalue weighted by Crippen LogP contribution is -2.06. The molecule has 2 aromatic carbocycles. The quantitative estimate of drug-likeness (QED) is 0.376. The Hall–Kier alpha value is -4.33. The van der Waals surface area contributed by atoms with Gasteiger partial charge in [-0.2, -0.15) is 5.10 Å². The molecule has 0 aliphatic rings. The van der Waals surface area contributed by atoms with Gasteiger partial charge in [-0.25, -0.2) is 9.97 Å². The first-order valence-corrected chi connectivity index (χ1v) is 10.8. The number of imidazole rings is 2. The number of carbonyl (C=O) groups excluding carboxylic acids is 1. The maximum Gasteiger partial charge on any atom is 0.202 e. The second-order valence-electron chi connectivity index (χ2n) is 8.48. The summed E-state index contributed by atoms with van der Waals surface area (Å²) in [5, 5.41) is 8.48. The summed E-state index contributed by atoms with van der Waals surface area (Å²) in [6.07, 6.45) is 5.59. The number of nitrogens with one attached hydrogen (secondary N) is 2. The van der Waals surface area contributed by atoms with Crippen LogP contribution in [0.1, 0.15) is 36.1 Å². The lowest BCUT2D eigenvalue weighted by atomic mass is 10.1. The number of pyridine rings is 1. The lowest BCUT2D eigenvalue weighted by molar-refractivity contribution is 0.0984. The monoisotopic (exact) mass is 435 g/mol. The van der Waals surface area contributed by atoms with Crippen LogP contribution in [0.15, 0.2) is 61.2 Å². The van der Waals surface area contributed by atoms with Gasteiger partial charge in [-0.1, -0.05) is 6.07 Å². The number of H-pyrrole nitrogens is 2. The van der Waals surface area contributed by atoms with Crippen LogP contribution in [-0.4, -0.2) is 40.5 Å². The first-order chi connectivity index (χ1) is 16.1. The molecule has 0 saturated carbocycles. The fraction of sp³-hybridized carbons (Fsp3) is 0.160. The van der Waals surface area contributed by atoms with Gasteiger partial charge in [0.15, 0.2) is 5.82 Å². The highest BCUT2D eigenvalue weighted by molar-refractivity contribution is 6.03. The topological polar surface area (TPSA) is 105 Å². The summed E-state index contributed by atoms with van der Waals surface area (Å²) in [5.74, 6) is 0.297. The summed E-state index contributed by atoms with van der Waals surface area (Å²) in [5.41, 5.74) is 7.11. The van der Waals surface area contributed by atoms with Crippen molar-refractivity contribution < 1.29 is 4.79 Å². The zero-order chi connectivity index (χ0) is 22.5. The van der Waals surface area contributed by atoms with Gasteiger partial charge in [0.2, 0.25) is 5.78 Å². The molecule has 4 heterocycles. The van der Waals surface area contributed by atoms with Crippen LogP contribution < -0.4 is 0 Å². The maximum atomic E-state index is 13.1. The van der Waals surface area contributed by atoms with Gasteiger partial charge in [0.1, 0.15) is 5.69 Å². The van der Waals surface area contributed by atoms with E-state index < -0.39 is 0 Å². The van der Waals surface area contributed by atoms with Crippen LogP contribution in [0.5, 0.6) is 0 Å². The third-order valence-electron chi connectivity index (χ3n) is 5.94. The molecule has 0 bridgehead atoms. The number of hydrogen-bond donors (Lipinski definition) is 2. The second-order valence-corrected chi connectivity index (χ2v) is 8.48. The Balaban J connectivity index is 1.34. The molecular formula is C25H21N7O. The number of aromatic amines is 2. The number of rotatable bonds is 5. The van der Waals surface area contributed by atoms with Crippen molar-refractivity contribution in [2.24, 2.45) is 0 Å². The molecule has 4 aromatic heterocycles. The second kappa shape index (κ2) is 7.37. The van der Waals surface area contributed by atoms with Gasteiger partial charge in [0, 0.05) is 35.8 Å². The number of carbonyl (C=O) groups is 1. The first kappa shape index (κ1) is 19.4. The van der Waals surface area contributed by atoms with Crippen LogP contribution in [0.25, 0.3) is 44.2 Å². The molecule has 0 atom stereocenters. The van der Waals surface area contributed by atoms with Crippen LogP contribution in [0.3, 0.4) is 0 Å². The van der Waals surface area contributed by atoms with Gasteiger partial charge in [0.05, 0.1) is 33.9 Å². The lowest BCUT2D eigenvalue weighted by Gasteiger charge is -2.08. The van der Waals surface area contributed by atoms with Gasteiger partial charge in [-0.15, -0.1) is 0 Å². The van der Waals surface area contributed by atoms with E-state index in [0.717, 1.165) is 49.8 Å². The van der Waals surface area contributed by atoms with Crippen LogP contribution in [0, 0.1) is 0 Å². The number of aromatic nitrogens is 7. The van der Waals surface area contributed by atoms with E-state index in [0.29, 0.717) is 11.9 Å². The van der Waals surface area contributed by atoms with Crippen molar-refractivity contribution in [1.82, 2.24) is 34.7 Å². The van der Waals surface area contributed by atoms with Crippen molar-refractivity contribution in [2.75, 3.05) is 0 Å². The molecule has 6 rings (SSSR count). The average molecular weight is 435 g/mol. The smallest absolute Gasteiger partial charge is 0.202 e. The molecule has 0 spiro atoms. The van der Waals surface area contributed by atoms with Gasteiger partial charge in [-0.3, -0.25) is 14.9 Å². The molecule has 162 valence electrons. The Morgan fingerprint density at radius 1 is 1.03 bits per heavy atom. The van der Waals surface area contributed by atoms with E-state index in [4.69, 9.17) is 0 Å². The largest absolute Gasteiger partial charge is 0.335 e. The van der Waals surface area contributed by atoms with Crippen molar-refractivity contribution in [3.05, 3.63) is 72.6 Å². The summed E-state index contributed by atoms with van der Waals surface area (Å²) in [4.78, 5) is 29.3. The first-order valence-electron chi connectivity index (χ1n) is 10.8. The summed E-state index contributed by atoms with van der Waals surface area (Å²) in [6.45, 7) is 4.23. The predicted molar refractivity (Wildman–Crippen MR) is 127 cm³/mol. The normalized spacial score (nSPS) is 11.8. The molecular weight excluding hydrogens is 414 g/mol. The number of fused-ring (bicyclic) bond motifs is 3. The standard InChI is InChI=1S/C25H21N7O/c1-14(2)32-13-27-18-4-3-15(9-22(18)32)10-23(33)25-28-20-11-17-19(12-21(20)29-25)30-31-24(17)16-5-7-26-8-6-16/h3-9,11-14H,10H2,1-2H3,(H,28,29)(H,30,31). The van der Waals surface area contributed by atoms with Crippen molar-refractivity contribution in [3.63, 3.8) is 0 Å². The number of Topliss-reactive ketones (excluding diaryl/α,β-unsaturated/α-hetero) is 1. The summed E-state index contributed by atoms with van der Waals surface area (Å²) in [6, 6.07) is 14.0. The molecule has 0 aliphatic carbocycles.